The van der Waals surface area contributed by atoms with Gasteiger partial charge in [-0.15, -0.1) is 0 Å². The predicted octanol–water partition coefficient (Wildman–Crippen LogP) is 9.05. The fraction of sp³-hybridized carbons (Fsp3) is 0.550. The van der Waals surface area contributed by atoms with E-state index in [2.05, 4.69) is 67.2 Å². The molecule has 0 amide bonds. The van der Waals surface area contributed by atoms with E-state index in [9.17, 15) is 9.90 Å². The maximum atomic E-state index is 12.9. The fourth-order valence-corrected chi connectivity index (χ4v) is 9.64. The highest BCUT2D eigenvalue weighted by molar-refractivity contribution is 6.30. The summed E-state index contributed by atoms with van der Waals surface area (Å²) >= 11 is 6.29. The van der Waals surface area contributed by atoms with Gasteiger partial charge in [0.2, 0.25) is 0 Å². The first kappa shape index (κ1) is 32.3. The molecule has 250 valence electrons. The summed E-state index contributed by atoms with van der Waals surface area (Å²) in [5.41, 5.74) is 6.75. The van der Waals surface area contributed by atoms with Gasteiger partial charge in [-0.25, -0.2) is 4.79 Å². The van der Waals surface area contributed by atoms with Crippen molar-refractivity contribution in [1.29, 1.82) is 0 Å². The second-order valence-corrected chi connectivity index (χ2v) is 16.5. The van der Waals surface area contributed by atoms with E-state index in [1.807, 2.05) is 30.5 Å². The lowest BCUT2D eigenvalue weighted by atomic mass is 9.59. The van der Waals surface area contributed by atoms with Crippen LogP contribution in [0.15, 0.2) is 54.7 Å². The van der Waals surface area contributed by atoms with E-state index >= 15 is 0 Å². The normalized spacial score (nSPS) is 28.2. The van der Waals surface area contributed by atoms with Crippen LogP contribution in [0.3, 0.4) is 0 Å². The highest BCUT2D eigenvalue weighted by Crippen LogP contribution is 2.57. The van der Waals surface area contributed by atoms with Crippen LogP contribution < -0.4 is 15.0 Å². The molecule has 7 heteroatoms. The van der Waals surface area contributed by atoms with Gasteiger partial charge in [0.05, 0.1) is 6.61 Å². The number of carboxylic acids is 1. The molecule has 2 fully saturated rings. The smallest absolute Gasteiger partial charge is 0.329 e. The Hall–Kier alpha value is -3.25. The highest BCUT2D eigenvalue weighted by Gasteiger charge is 2.54. The van der Waals surface area contributed by atoms with E-state index in [1.165, 1.54) is 40.9 Å². The number of anilines is 2. The fourth-order valence-electron chi connectivity index (χ4n) is 9.45. The second-order valence-electron chi connectivity index (χ2n) is 16.1. The Morgan fingerprint density at radius 3 is 2.64 bits per heavy atom. The van der Waals surface area contributed by atoms with Crippen molar-refractivity contribution in [1.82, 2.24) is 4.98 Å². The molecule has 1 saturated carbocycles. The molecule has 2 N–H and O–H groups in total. The molecule has 3 aromatic rings. The zero-order valence-corrected chi connectivity index (χ0v) is 29.2. The van der Waals surface area contributed by atoms with Gasteiger partial charge in [0.25, 0.3) is 0 Å². The summed E-state index contributed by atoms with van der Waals surface area (Å²) in [7, 11) is 0. The number of benzene rings is 2. The third-order valence-electron chi connectivity index (χ3n) is 11.9. The first-order chi connectivity index (χ1) is 22.5. The van der Waals surface area contributed by atoms with Crippen LogP contribution in [0.1, 0.15) is 101 Å². The van der Waals surface area contributed by atoms with Gasteiger partial charge in [-0.3, -0.25) is 4.98 Å². The molecule has 1 aliphatic heterocycles. The second kappa shape index (κ2) is 12.3. The minimum Gasteiger partial charge on any atom is -0.493 e. The molecule has 3 atom stereocenters. The van der Waals surface area contributed by atoms with Gasteiger partial charge in [-0.05, 0) is 134 Å². The van der Waals surface area contributed by atoms with Crippen molar-refractivity contribution in [3.05, 3.63) is 82.1 Å². The van der Waals surface area contributed by atoms with E-state index < -0.39 is 11.5 Å². The number of aliphatic carboxylic acids is 1. The van der Waals surface area contributed by atoms with Crippen LogP contribution in [0, 0.1) is 17.3 Å². The molecule has 1 unspecified atom stereocenters. The zero-order chi connectivity index (χ0) is 33.0. The van der Waals surface area contributed by atoms with Gasteiger partial charge in [-0.1, -0.05) is 51.4 Å². The lowest BCUT2D eigenvalue weighted by Gasteiger charge is -2.49. The van der Waals surface area contributed by atoms with Gasteiger partial charge in [0.1, 0.15) is 11.3 Å². The molecule has 1 aromatic heterocycles. The molecule has 0 bridgehead atoms. The van der Waals surface area contributed by atoms with Crippen LogP contribution in [-0.4, -0.2) is 41.3 Å². The number of halogens is 1. The summed E-state index contributed by atoms with van der Waals surface area (Å²) in [6, 6.07) is 16.6. The third kappa shape index (κ3) is 6.11. The Morgan fingerprint density at radius 1 is 1.13 bits per heavy atom. The number of aromatic nitrogens is 1. The van der Waals surface area contributed by atoms with Crippen LogP contribution in [0.2, 0.25) is 5.02 Å². The molecular formula is C40H50ClN3O3. The van der Waals surface area contributed by atoms with Crippen LogP contribution in [0.4, 0.5) is 11.4 Å². The summed E-state index contributed by atoms with van der Waals surface area (Å²) in [5.74, 6) is 1.50. The van der Waals surface area contributed by atoms with Crippen molar-refractivity contribution < 1.29 is 14.6 Å². The Kier molecular flexibility index (Phi) is 8.47. The quantitative estimate of drug-likeness (QED) is 0.240. The minimum absolute atomic E-state index is 0.0563. The van der Waals surface area contributed by atoms with Crippen LogP contribution in [-0.2, 0) is 23.1 Å². The molecule has 4 aliphatic rings. The van der Waals surface area contributed by atoms with Crippen molar-refractivity contribution >= 4 is 28.9 Å². The summed E-state index contributed by atoms with van der Waals surface area (Å²) < 4.78 is 6.59. The summed E-state index contributed by atoms with van der Waals surface area (Å²) in [5, 5.41) is 14.7. The molecule has 0 radical (unpaired) electrons. The SMILES string of the molecule is C[C@@H](COc1ccnc2c1[C@H](C)CCC2)CC1Cc2ccc(N3CC(C)(C)C3)cc2C12CCC(Nc1cccc(Cl)c1)(C(=O)O)CC2. The topological polar surface area (TPSA) is 74.7 Å². The van der Waals surface area contributed by atoms with E-state index in [-0.39, 0.29) is 5.41 Å². The number of hydrogen-bond acceptors (Lipinski definition) is 5. The number of fused-ring (bicyclic) bond motifs is 3. The van der Waals surface area contributed by atoms with Crippen molar-refractivity contribution in [2.75, 3.05) is 29.9 Å². The number of nitrogens with zero attached hydrogens (tertiary/aromatic N) is 2. The number of carbonyl (C=O) groups is 1. The van der Waals surface area contributed by atoms with Crippen LogP contribution in [0.5, 0.6) is 5.75 Å². The zero-order valence-electron chi connectivity index (χ0n) is 28.4. The number of rotatable bonds is 9. The number of ether oxygens (including phenoxy) is 1. The van der Waals surface area contributed by atoms with Crippen LogP contribution in [0.25, 0.3) is 0 Å². The third-order valence-corrected chi connectivity index (χ3v) is 12.1. The Labute approximate surface area is 285 Å². The van der Waals surface area contributed by atoms with Crippen molar-refractivity contribution in [3.8, 4) is 5.75 Å². The molecule has 2 heterocycles. The first-order valence-corrected chi connectivity index (χ1v) is 18.1. The largest absolute Gasteiger partial charge is 0.493 e. The maximum Gasteiger partial charge on any atom is 0.329 e. The molecular weight excluding hydrogens is 606 g/mol. The van der Waals surface area contributed by atoms with Gasteiger partial charge in [0, 0.05) is 46.9 Å². The number of aryl methyl sites for hydroxylation is 1. The number of carboxylic acid groups (broad SMARTS) is 1. The Bertz CT molecular complexity index is 1640. The monoisotopic (exact) mass is 655 g/mol. The van der Waals surface area contributed by atoms with Crippen LogP contribution >= 0.6 is 11.6 Å². The number of hydrogen-bond donors (Lipinski definition) is 2. The Morgan fingerprint density at radius 2 is 1.91 bits per heavy atom. The summed E-state index contributed by atoms with van der Waals surface area (Å²) in [4.78, 5) is 20.1. The summed E-state index contributed by atoms with van der Waals surface area (Å²) in [6.45, 7) is 12.1. The molecule has 47 heavy (non-hydrogen) atoms. The van der Waals surface area contributed by atoms with Crippen molar-refractivity contribution in [2.24, 2.45) is 17.3 Å². The lowest BCUT2D eigenvalue weighted by molar-refractivity contribution is -0.144. The number of pyridine rings is 1. The van der Waals surface area contributed by atoms with E-state index in [1.54, 1.807) is 0 Å². The van der Waals surface area contributed by atoms with E-state index in [4.69, 9.17) is 16.3 Å². The van der Waals surface area contributed by atoms with Gasteiger partial charge < -0.3 is 20.1 Å². The molecule has 1 spiro atoms. The predicted molar refractivity (Wildman–Crippen MR) is 190 cm³/mol. The lowest BCUT2D eigenvalue weighted by Crippen LogP contribution is -2.53. The molecule has 3 aliphatic carbocycles. The maximum absolute atomic E-state index is 12.9. The van der Waals surface area contributed by atoms with Gasteiger partial charge >= 0.3 is 5.97 Å². The standard InChI is InChI=1S/C40H50ClN3O3/c1-26(23-47-35-13-18-42-34-10-5-7-27(2)36(34)35)19-29-20-28-11-12-32(44-24-38(3,4)25-44)22-33(28)39(29)14-16-40(17-15-39,37(45)46)43-31-9-6-8-30(41)21-31/h6,8-9,11-13,18,21-22,26-27,29,43H,5,7,10,14-17,19-20,23-25H2,1-4H3,(H,45,46)/t26-,27-,29?,39?,40?/m1/s1. The molecule has 6 nitrogen and oxygen atoms in total. The average molecular weight is 656 g/mol. The minimum atomic E-state index is -1.02. The first-order valence-electron chi connectivity index (χ1n) is 17.7. The van der Waals surface area contributed by atoms with Crippen molar-refractivity contribution in [2.45, 2.75) is 102 Å². The molecule has 7 rings (SSSR count). The van der Waals surface area contributed by atoms with E-state index in [0.29, 0.717) is 47.6 Å². The van der Waals surface area contributed by atoms with E-state index in [0.717, 1.165) is 56.6 Å². The Balaban J connectivity index is 1.14. The number of nitrogens with one attached hydrogen (secondary N) is 1. The average Bonchev–Trinajstić information content (AvgIpc) is 3.31. The van der Waals surface area contributed by atoms with Crippen molar-refractivity contribution in [3.63, 3.8) is 0 Å². The summed E-state index contributed by atoms with van der Waals surface area (Å²) in [6.07, 6.45) is 10.2. The van der Waals surface area contributed by atoms with Gasteiger partial charge in [-0.2, -0.15) is 0 Å². The highest BCUT2D eigenvalue weighted by atomic mass is 35.5. The molecule has 2 aromatic carbocycles. The molecule has 1 saturated heterocycles. The van der Waals surface area contributed by atoms with Gasteiger partial charge in [0.15, 0.2) is 0 Å².